The van der Waals surface area contributed by atoms with E-state index in [4.69, 9.17) is 10.5 Å². The van der Waals surface area contributed by atoms with Gasteiger partial charge in [0, 0.05) is 31.2 Å². The number of rotatable bonds is 9. The summed E-state index contributed by atoms with van der Waals surface area (Å²) in [6.07, 6.45) is 2.63. The maximum absolute atomic E-state index is 12.4. The Kier molecular flexibility index (Phi) is 10.1. The number of amides is 1. The van der Waals surface area contributed by atoms with E-state index in [-0.39, 0.29) is 30.0 Å². The highest BCUT2D eigenvalue weighted by Crippen LogP contribution is 2.23. The number of nitrogens with two attached hydrogens (primary N) is 1. The molecule has 1 aliphatic rings. The van der Waals surface area contributed by atoms with Crippen molar-refractivity contribution in [2.24, 2.45) is 11.7 Å². The van der Waals surface area contributed by atoms with E-state index in [0.717, 1.165) is 6.42 Å². The maximum atomic E-state index is 12.4. The van der Waals surface area contributed by atoms with Crippen molar-refractivity contribution in [2.75, 3.05) is 37.3 Å². The number of unbranched alkanes of at least 4 members (excludes halogenated alkanes) is 1. The topological polar surface area (TPSA) is 102 Å². The van der Waals surface area contributed by atoms with E-state index < -0.39 is 10.0 Å². The molecule has 0 atom stereocenters. The van der Waals surface area contributed by atoms with Crippen molar-refractivity contribution in [3.05, 3.63) is 24.3 Å². The van der Waals surface area contributed by atoms with E-state index in [1.807, 2.05) is 6.92 Å². The van der Waals surface area contributed by atoms with Gasteiger partial charge in [0.2, 0.25) is 15.9 Å². The summed E-state index contributed by atoms with van der Waals surface area (Å²) in [5.74, 6) is 0.671. The van der Waals surface area contributed by atoms with Gasteiger partial charge < -0.3 is 15.8 Å². The molecule has 0 saturated carbocycles. The van der Waals surface area contributed by atoms with E-state index in [9.17, 15) is 13.2 Å². The van der Waals surface area contributed by atoms with Gasteiger partial charge >= 0.3 is 0 Å². The highest BCUT2D eigenvalue weighted by molar-refractivity contribution is 7.89. The lowest BCUT2D eigenvalue weighted by molar-refractivity contribution is -0.120. The molecule has 1 aliphatic heterocycles. The van der Waals surface area contributed by atoms with Crippen molar-refractivity contribution < 1.29 is 17.9 Å². The Hall–Kier alpha value is -1.35. The molecule has 1 amide bonds. The maximum Gasteiger partial charge on any atom is 0.227 e. The summed E-state index contributed by atoms with van der Waals surface area (Å²) in [7, 11) is -3.19. The minimum absolute atomic E-state index is 0. The van der Waals surface area contributed by atoms with Crippen LogP contribution in [0.1, 0.15) is 32.6 Å². The van der Waals surface area contributed by atoms with Gasteiger partial charge in [-0.2, -0.15) is 0 Å². The number of carbonyl (C=O) groups excluding carboxylic acids is 1. The fourth-order valence-corrected chi connectivity index (χ4v) is 4.59. The van der Waals surface area contributed by atoms with Crippen LogP contribution in [0.3, 0.4) is 0 Å². The van der Waals surface area contributed by atoms with Crippen molar-refractivity contribution in [1.82, 2.24) is 4.31 Å². The molecular weight excluding hydrogens is 390 g/mol. The Morgan fingerprint density at radius 1 is 1.26 bits per heavy atom. The average molecular weight is 420 g/mol. The molecular formula is C18H30ClN3O4S. The smallest absolute Gasteiger partial charge is 0.227 e. The first-order valence-electron chi connectivity index (χ1n) is 9.18. The number of anilines is 1. The number of carbonyl (C=O) groups is 1. The molecule has 1 saturated heterocycles. The monoisotopic (exact) mass is 419 g/mol. The first-order valence-corrected chi connectivity index (χ1v) is 10.8. The van der Waals surface area contributed by atoms with Crippen LogP contribution in [0.5, 0.6) is 5.75 Å². The van der Waals surface area contributed by atoms with E-state index in [1.165, 1.54) is 4.31 Å². The molecule has 1 aromatic rings. The minimum Gasteiger partial charge on any atom is -0.492 e. The van der Waals surface area contributed by atoms with Crippen LogP contribution < -0.4 is 15.8 Å². The van der Waals surface area contributed by atoms with Crippen molar-refractivity contribution >= 4 is 34.0 Å². The summed E-state index contributed by atoms with van der Waals surface area (Å²) in [6.45, 7) is 3.70. The largest absolute Gasteiger partial charge is 0.492 e. The lowest BCUT2D eigenvalue weighted by Crippen LogP contribution is -2.42. The normalized spacial score (nSPS) is 15.8. The zero-order valence-corrected chi connectivity index (χ0v) is 17.4. The number of nitrogens with one attached hydrogen (secondary N) is 1. The molecule has 0 bridgehead atoms. The minimum atomic E-state index is -3.19. The lowest BCUT2D eigenvalue weighted by atomic mass is 9.97. The quantitative estimate of drug-likeness (QED) is 0.639. The highest BCUT2D eigenvalue weighted by atomic mass is 35.5. The third-order valence-corrected chi connectivity index (χ3v) is 6.44. The van der Waals surface area contributed by atoms with Gasteiger partial charge in [-0.05, 0) is 43.5 Å². The highest BCUT2D eigenvalue weighted by Gasteiger charge is 2.30. The molecule has 1 heterocycles. The van der Waals surface area contributed by atoms with Crippen LogP contribution in [-0.2, 0) is 14.8 Å². The third kappa shape index (κ3) is 7.29. The molecule has 27 heavy (non-hydrogen) atoms. The van der Waals surface area contributed by atoms with Crippen molar-refractivity contribution in [3.63, 3.8) is 0 Å². The van der Waals surface area contributed by atoms with Gasteiger partial charge in [0.15, 0.2) is 0 Å². The van der Waals surface area contributed by atoms with Crippen LogP contribution in [0, 0.1) is 5.92 Å². The van der Waals surface area contributed by atoms with Crippen LogP contribution in [0.2, 0.25) is 0 Å². The number of benzene rings is 1. The van der Waals surface area contributed by atoms with Gasteiger partial charge in [0.05, 0.1) is 5.75 Å². The van der Waals surface area contributed by atoms with Crippen LogP contribution in [0.25, 0.3) is 0 Å². The fraction of sp³-hybridized carbons (Fsp3) is 0.611. The van der Waals surface area contributed by atoms with E-state index in [0.29, 0.717) is 56.9 Å². The van der Waals surface area contributed by atoms with Crippen LogP contribution >= 0.6 is 12.4 Å². The number of ether oxygens (including phenoxy) is 1. The van der Waals surface area contributed by atoms with Crippen LogP contribution in [0.4, 0.5) is 5.69 Å². The van der Waals surface area contributed by atoms with Gasteiger partial charge in [-0.25, -0.2) is 12.7 Å². The molecule has 1 aromatic carbocycles. The number of halogens is 1. The summed E-state index contributed by atoms with van der Waals surface area (Å²) in [4.78, 5) is 12.4. The second kappa shape index (κ2) is 11.5. The van der Waals surface area contributed by atoms with Crippen molar-refractivity contribution in [2.45, 2.75) is 32.6 Å². The number of hydrogen-bond acceptors (Lipinski definition) is 5. The van der Waals surface area contributed by atoms with Gasteiger partial charge in [0.25, 0.3) is 0 Å². The van der Waals surface area contributed by atoms with E-state index in [2.05, 4.69) is 5.32 Å². The van der Waals surface area contributed by atoms with Gasteiger partial charge in [-0.15, -0.1) is 12.4 Å². The summed E-state index contributed by atoms with van der Waals surface area (Å²) in [5.41, 5.74) is 6.09. The standard InChI is InChI=1S/C18H29N3O4S.ClH/c1-2-3-14-26(23,24)21-11-8-15(9-12-21)18(22)20-16-4-6-17(7-5-16)25-13-10-19;/h4-7,15H,2-3,8-14,19H2,1H3,(H,20,22);1H. The summed E-state index contributed by atoms with van der Waals surface area (Å²) < 4.78 is 31.4. The van der Waals surface area contributed by atoms with Crippen LogP contribution in [0.15, 0.2) is 24.3 Å². The average Bonchev–Trinajstić information content (AvgIpc) is 2.66. The molecule has 9 heteroatoms. The number of nitrogens with zero attached hydrogens (tertiary/aromatic N) is 1. The third-order valence-electron chi connectivity index (χ3n) is 4.48. The predicted molar refractivity (Wildman–Crippen MR) is 110 cm³/mol. The molecule has 0 radical (unpaired) electrons. The Bertz CT molecular complexity index is 674. The Morgan fingerprint density at radius 3 is 2.44 bits per heavy atom. The van der Waals surface area contributed by atoms with Gasteiger partial charge in [0.1, 0.15) is 12.4 Å². The number of piperidine rings is 1. The SMILES string of the molecule is CCCCS(=O)(=O)N1CCC(C(=O)Nc2ccc(OCCN)cc2)CC1.Cl. The number of hydrogen-bond donors (Lipinski definition) is 2. The molecule has 0 aliphatic carbocycles. The molecule has 1 fully saturated rings. The molecule has 2 rings (SSSR count). The van der Waals surface area contributed by atoms with Gasteiger partial charge in [-0.1, -0.05) is 13.3 Å². The molecule has 154 valence electrons. The molecule has 3 N–H and O–H groups in total. The second-order valence-electron chi connectivity index (χ2n) is 6.49. The first-order chi connectivity index (χ1) is 12.5. The van der Waals surface area contributed by atoms with Crippen molar-refractivity contribution in [3.8, 4) is 5.75 Å². The predicted octanol–water partition coefficient (Wildman–Crippen LogP) is 2.23. The number of sulfonamides is 1. The lowest BCUT2D eigenvalue weighted by Gasteiger charge is -2.30. The second-order valence-corrected chi connectivity index (χ2v) is 8.58. The van der Waals surface area contributed by atoms with E-state index in [1.54, 1.807) is 24.3 Å². The van der Waals surface area contributed by atoms with E-state index >= 15 is 0 Å². The summed E-state index contributed by atoms with van der Waals surface area (Å²) >= 11 is 0. The summed E-state index contributed by atoms with van der Waals surface area (Å²) in [5, 5.41) is 2.90. The van der Waals surface area contributed by atoms with Gasteiger partial charge in [-0.3, -0.25) is 4.79 Å². The molecule has 7 nitrogen and oxygen atoms in total. The zero-order valence-electron chi connectivity index (χ0n) is 15.7. The Labute approximate surface area is 168 Å². The van der Waals surface area contributed by atoms with Crippen LogP contribution in [-0.4, -0.2) is 50.6 Å². The molecule has 0 aromatic heterocycles. The first kappa shape index (κ1) is 23.7. The molecule has 0 unspecified atom stereocenters. The Morgan fingerprint density at radius 2 is 1.89 bits per heavy atom. The van der Waals surface area contributed by atoms with Crippen molar-refractivity contribution in [1.29, 1.82) is 0 Å². The zero-order chi connectivity index (χ0) is 19.0. The fourth-order valence-electron chi connectivity index (χ4n) is 2.91. The molecule has 0 spiro atoms. The Balaban J connectivity index is 0.00000364. The summed E-state index contributed by atoms with van der Waals surface area (Å²) in [6, 6.07) is 7.14.